The van der Waals surface area contributed by atoms with Gasteiger partial charge < -0.3 is 5.32 Å². The highest BCUT2D eigenvalue weighted by Gasteiger charge is 2.32. The van der Waals surface area contributed by atoms with Crippen LogP contribution in [0.3, 0.4) is 0 Å². The zero-order valence-corrected chi connectivity index (χ0v) is 12.8. The summed E-state index contributed by atoms with van der Waals surface area (Å²) in [6.07, 6.45) is 3.51. The van der Waals surface area contributed by atoms with Gasteiger partial charge in [0.15, 0.2) is 0 Å². The highest BCUT2D eigenvalue weighted by Crippen LogP contribution is 2.39. The predicted octanol–water partition coefficient (Wildman–Crippen LogP) is 4.53. The second-order valence-corrected chi connectivity index (χ2v) is 6.89. The van der Waals surface area contributed by atoms with Gasteiger partial charge in [-0.05, 0) is 43.6 Å². The molecule has 110 valence electrons. The van der Waals surface area contributed by atoms with Gasteiger partial charge in [-0.15, -0.1) is 0 Å². The van der Waals surface area contributed by atoms with Crippen molar-refractivity contribution in [3.05, 3.63) is 33.9 Å². The Morgan fingerprint density at radius 3 is 2.70 bits per heavy atom. The number of nitro benzene ring substituents is 1. The van der Waals surface area contributed by atoms with Gasteiger partial charge in [-0.3, -0.25) is 10.1 Å². The molecule has 1 saturated carbocycles. The quantitative estimate of drug-likeness (QED) is 0.652. The first-order valence-electron chi connectivity index (χ1n) is 7.30. The molecule has 0 radical (unpaired) electrons. The van der Waals surface area contributed by atoms with E-state index in [1.165, 1.54) is 12.8 Å². The van der Waals surface area contributed by atoms with Crippen LogP contribution in [0.1, 0.15) is 45.6 Å². The van der Waals surface area contributed by atoms with E-state index in [4.69, 9.17) is 0 Å². The van der Waals surface area contributed by atoms with Crippen LogP contribution in [-0.4, -0.2) is 11.0 Å². The lowest BCUT2D eigenvalue weighted by atomic mass is 9.70. The standard InChI is InChI=1S/C16H24N2O2/c1-11-5-6-13(9-15(11)18(19)20)17-14-7-8-16(3,4)10-12(14)2/h5-6,9,12,14,17H,7-8,10H2,1-4H3. The lowest BCUT2D eigenvalue weighted by molar-refractivity contribution is -0.385. The number of nitrogens with zero attached hydrogens (tertiary/aromatic N) is 1. The third kappa shape index (κ3) is 3.30. The number of nitrogens with one attached hydrogen (secondary N) is 1. The van der Waals surface area contributed by atoms with Gasteiger partial charge in [-0.1, -0.05) is 26.8 Å². The Kier molecular flexibility index (Phi) is 4.02. The molecule has 1 aliphatic rings. The number of hydrogen-bond acceptors (Lipinski definition) is 3. The first kappa shape index (κ1) is 14.8. The average Bonchev–Trinajstić information content (AvgIpc) is 2.34. The molecule has 0 amide bonds. The number of rotatable bonds is 3. The number of nitro groups is 1. The fourth-order valence-electron chi connectivity index (χ4n) is 3.27. The van der Waals surface area contributed by atoms with Gasteiger partial charge in [0.2, 0.25) is 0 Å². The molecular weight excluding hydrogens is 252 g/mol. The molecule has 1 aromatic carbocycles. The molecule has 0 bridgehead atoms. The molecule has 2 rings (SSSR count). The Morgan fingerprint density at radius 1 is 1.40 bits per heavy atom. The predicted molar refractivity (Wildman–Crippen MR) is 82.0 cm³/mol. The van der Waals surface area contributed by atoms with Gasteiger partial charge in [-0.25, -0.2) is 0 Å². The summed E-state index contributed by atoms with van der Waals surface area (Å²) in [6.45, 7) is 8.67. The van der Waals surface area contributed by atoms with Gasteiger partial charge >= 0.3 is 0 Å². The van der Waals surface area contributed by atoms with Crippen LogP contribution in [0.5, 0.6) is 0 Å². The van der Waals surface area contributed by atoms with E-state index in [1.54, 1.807) is 13.0 Å². The summed E-state index contributed by atoms with van der Waals surface area (Å²) >= 11 is 0. The van der Waals surface area contributed by atoms with E-state index in [2.05, 4.69) is 26.1 Å². The molecule has 1 fully saturated rings. The molecule has 2 unspecified atom stereocenters. The van der Waals surface area contributed by atoms with Crippen molar-refractivity contribution in [2.45, 2.75) is 53.0 Å². The van der Waals surface area contributed by atoms with E-state index < -0.39 is 0 Å². The normalized spacial score (nSPS) is 25.2. The summed E-state index contributed by atoms with van der Waals surface area (Å²) in [5.41, 5.74) is 2.17. The van der Waals surface area contributed by atoms with E-state index in [0.717, 1.165) is 12.1 Å². The molecule has 4 nitrogen and oxygen atoms in total. The Balaban J connectivity index is 2.11. The fraction of sp³-hybridized carbons (Fsp3) is 0.625. The van der Waals surface area contributed by atoms with Gasteiger partial charge in [0.05, 0.1) is 4.92 Å². The van der Waals surface area contributed by atoms with Gasteiger partial charge in [0.25, 0.3) is 5.69 Å². The van der Waals surface area contributed by atoms with Crippen molar-refractivity contribution in [2.24, 2.45) is 11.3 Å². The summed E-state index contributed by atoms with van der Waals surface area (Å²) < 4.78 is 0. The first-order chi connectivity index (χ1) is 9.28. The Labute approximate surface area is 120 Å². The van der Waals surface area contributed by atoms with Crippen LogP contribution in [0, 0.1) is 28.4 Å². The van der Waals surface area contributed by atoms with E-state index >= 15 is 0 Å². The number of benzene rings is 1. The van der Waals surface area contributed by atoms with Crippen LogP contribution in [0.25, 0.3) is 0 Å². The molecule has 1 aliphatic carbocycles. The Hall–Kier alpha value is -1.58. The third-order valence-corrected chi connectivity index (χ3v) is 4.45. The maximum atomic E-state index is 11.0. The fourth-order valence-corrected chi connectivity index (χ4v) is 3.27. The van der Waals surface area contributed by atoms with Crippen LogP contribution in [0.4, 0.5) is 11.4 Å². The van der Waals surface area contributed by atoms with Gasteiger partial charge in [-0.2, -0.15) is 0 Å². The molecule has 0 heterocycles. The van der Waals surface area contributed by atoms with Gasteiger partial charge in [0, 0.05) is 23.4 Å². The number of anilines is 1. The average molecular weight is 276 g/mol. The largest absolute Gasteiger partial charge is 0.382 e. The SMILES string of the molecule is Cc1ccc(NC2CCC(C)(C)CC2C)cc1[N+](=O)[O-]. The van der Waals surface area contributed by atoms with Crippen molar-refractivity contribution >= 4 is 11.4 Å². The van der Waals surface area contributed by atoms with Crippen molar-refractivity contribution in [1.29, 1.82) is 0 Å². The van der Waals surface area contributed by atoms with Crippen molar-refractivity contribution in [2.75, 3.05) is 5.32 Å². The molecular formula is C16H24N2O2. The first-order valence-corrected chi connectivity index (χ1v) is 7.30. The molecule has 0 spiro atoms. The topological polar surface area (TPSA) is 55.2 Å². The molecule has 0 aromatic heterocycles. The van der Waals surface area contributed by atoms with Crippen molar-refractivity contribution in [3.8, 4) is 0 Å². The zero-order valence-electron chi connectivity index (χ0n) is 12.8. The lowest BCUT2D eigenvalue weighted by Gasteiger charge is -2.40. The maximum absolute atomic E-state index is 11.0. The second kappa shape index (κ2) is 5.43. The minimum absolute atomic E-state index is 0.193. The molecule has 1 aromatic rings. The van der Waals surface area contributed by atoms with Crippen molar-refractivity contribution in [3.63, 3.8) is 0 Å². The highest BCUT2D eigenvalue weighted by molar-refractivity contribution is 5.55. The number of hydrogen-bond donors (Lipinski definition) is 1. The third-order valence-electron chi connectivity index (χ3n) is 4.45. The summed E-state index contributed by atoms with van der Waals surface area (Å²) in [4.78, 5) is 10.7. The summed E-state index contributed by atoms with van der Waals surface area (Å²) in [5.74, 6) is 0.583. The zero-order chi connectivity index (χ0) is 14.9. The summed E-state index contributed by atoms with van der Waals surface area (Å²) in [6, 6.07) is 5.82. The highest BCUT2D eigenvalue weighted by atomic mass is 16.6. The molecule has 2 atom stereocenters. The molecule has 0 saturated heterocycles. The van der Waals surface area contributed by atoms with E-state index in [1.807, 2.05) is 12.1 Å². The summed E-state index contributed by atoms with van der Waals surface area (Å²) in [5, 5.41) is 14.5. The van der Waals surface area contributed by atoms with Crippen molar-refractivity contribution < 1.29 is 4.92 Å². The van der Waals surface area contributed by atoms with E-state index in [9.17, 15) is 10.1 Å². The minimum atomic E-state index is -0.312. The maximum Gasteiger partial charge on any atom is 0.274 e. The second-order valence-electron chi connectivity index (χ2n) is 6.89. The lowest BCUT2D eigenvalue weighted by Crippen LogP contribution is -2.36. The molecule has 20 heavy (non-hydrogen) atoms. The Bertz CT molecular complexity index is 511. The molecule has 1 N–H and O–H groups in total. The molecule has 0 aliphatic heterocycles. The smallest absolute Gasteiger partial charge is 0.274 e. The van der Waals surface area contributed by atoms with Crippen LogP contribution < -0.4 is 5.32 Å². The van der Waals surface area contributed by atoms with Gasteiger partial charge in [0.1, 0.15) is 0 Å². The summed E-state index contributed by atoms with van der Waals surface area (Å²) in [7, 11) is 0. The Morgan fingerprint density at radius 2 is 2.10 bits per heavy atom. The number of aryl methyl sites for hydroxylation is 1. The monoisotopic (exact) mass is 276 g/mol. The van der Waals surface area contributed by atoms with E-state index in [0.29, 0.717) is 22.9 Å². The van der Waals surface area contributed by atoms with Crippen LogP contribution in [0.15, 0.2) is 18.2 Å². The van der Waals surface area contributed by atoms with E-state index in [-0.39, 0.29) is 10.6 Å². The minimum Gasteiger partial charge on any atom is -0.382 e. The molecule has 4 heteroatoms. The van der Waals surface area contributed by atoms with Crippen molar-refractivity contribution in [1.82, 2.24) is 0 Å². The van der Waals surface area contributed by atoms with Crippen LogP contribution >= 0.6 is 0 Å². The van der Waals surface area contributed by atoms with Crippen LogP contribution in [0.2, 0.25) is 0 Å². The van der Waals surface area contributed by atoms with Crippen LogP contribution in [-0.2, 0) is 0 Å².